The maximum Gasteiger partial charge on any atom is 2.00 e. The minimum Gasteiger partial charge on any atom is -0.870 e. The minimum absolute atomic E-state index is 0. The minimum atomic E-state index is 0. The van der Waals surface area contributed by atoms with E-state index < -0.39 is 0 Å². The first kappa shape index (κ1) is 406. The van der Waals surface area contributed by atoms with E-state index in [9.17, 15) is 0 Å². The third-order valence-electron chi connectivity index (χ3n) is 0. The van der Waals surface area contributed by atoms with Crippen LogP contribution in [0.4, 0.5) is 0 Å². The Morgan fingerprint density at radius 1 is 0.800 bits per heavy atom. The van der Waals surface area contributed by atoms with Crippen molar-refractivity contribution in [2.75, 3.05) is 0 Å². The normalized spacial score (nSPS) is 0. The van der Waals surface area contributed by atoms with Crippen molar-refractivity contribution in [1.29, 1.82) is 0 Å². The Labute approximate surface area is 45.0 Å². The van der Waals surface area contributed by atoms with Crippen LogP contribution in [0.25, 0.3) is 0 Å². The molecule has 0 rings (SSSR count). The second-order valence-electron chi connectivity index (χ2n) is 0. The van der Waals surface area contributed by atoms with Crippen molar-refractivity contribution in [3.05, 3.63) is 0 Å². The summed E-state index contributed by atoms with van der Waals surface area (Å²) in [4.78, 5) is 0. The van der Waals surface area contributed by atoms with E-state index in [0.29, 0.717) is 0 Å². The van der Waals surface area contributed by atoms with Crippen LogP contribution in [0.15, 0.2) is 0 Å². The van der Waals surface area contributed by atoms with Gasteiger partial charge in [0.2, 0.25) is 0 Å². The molecule has 0 saturated heterocycles. The maximum absolute atomic E-state index is 0. The van der Waals surface area contributed by atoms with Crippen molar-refractivity contribution in [2.24, 2.45) is 0 Å². The van der Waals surface area contributed by atoms with Gasteiger partial charge in [0.1, 0.15) is 0 Å². The summed E-state index contributed by atoms with van der Waals surface area (Å²) in [6.07, 6.45) is 0. The molecule has 40 valence electrons. The van der Waals surface area contributed by atoms with Gasteiger partial charge in [-0.2, -0.15) is 0 Å². The van der Waals surface area contributed by atoms with Crippen LogP contribution in [0.2, 0.25) is 0 Å². The zero-order valence-electron chi connectivity index (χ0n) is 2.68. The molecule has 4 nitrogen and oxygen atoms in total. The third kappa shape index (κ3) is 104. The van der Waals surface area contributed by atoms with Gasteiger partial charge in [0, 0.05) is 0 Å². The van der Waals surface area contributed by atoms with Crippen LogP contribution in [0.3, 0.4) is 0 Å². The van der Waals surface area contributed by atoms with Crippen molar-refractivity contribution < 1.29 is 32.0 Å². The maximum atomic E-state index is 0. The van der Waals surface area contributed by atoms with E-state index in [2.05, 4.69) is 0 Å². The van der Waals surface area contributed by atoms with Crippen molar-refractivity contribution in [1.82, 2.24) is 12.3 Å². The molecule has 0 heterocycles. The summed E-state index contributed by atoms with van der Waals surface area (Å²) in [5, 5.41) is 0. The monoisotopic (exact) mass is 264 g/mol. The zero-order chi connectivity index (χ0) is 0. The van der Waals surface area contributed by atoms with Crippen LogP contribution >= 0.6 is 0 Å². The molecule has 0 bridgehead atoms. The van der Waals surface area contributed by atoms with Crippen LogP contribution in [0.1, 0.15) is 0 Å². The number of hydrogen-bond acceptors (Lipinski definition) is 3. The van der Waals surface area contributed by atoms with Gasteiger partial charge in [-0.05, 0) is 0 Å². The molecule has 0 spiro atoms. The van der Waals surface area contributed by atoms with Crippen LogP contribution in [0.5, 0.6) is 0 Å². The Morgan fingerprint density at radius 3 is 0.800 bits per heavy atom. The van der Waals surface area contributed by atoms with Gasteiger partial charge in [-0.15, -0.1) is 0 Å². The molecule has 5 heteroatoms. The van der Waals surface area contributed by atoms with E-state index in [0.717, 1.165) is 0 Å². The topological polar surface area (TPSA) is 132 Å². The Bertz CT molecular complexity index is 7.61. The molecule has 0 fully saturated rings. The predicted molar refractivity (Wildman–Crippen MR) is 15.6 cm³/mol. The van der Waals surface area contributed by atoms with Gasteiger partial charge in [0.15, 0.2) is 0 Å². The molecule has 0 saturated carbocycles. The van der Waals surface area contributed by atoms with Gasteiger partial charge >= 0.3 is 21.1 Å². The van der Waals surface area contributed by atoms with Crippen LogP contribution in [-0.2, 0) is 21.1 Å². The van der Waals surface area contributed by atoms with Gasteiger partial charge in [0.25, 0.3) is 0 Å². The van der Waals surface area contributed by atoms with Crippen LogP contribution < -0.4 is 12.3 Å². The van der Waals surface area contributed by atoms with Gasteiger partial charge in [-0.25, -0.2) is 0 Å². The molecular formula is H9N2O2Pt+. The third-order valence-corrected chi connectivity index (χ3v) is 0. The average Bonchev–Trinajstić information content (AvgIpc) is 0. The molecule has 0 aromatic heterocycles. The van der Waals surface area contributed by atoms with Gasteiger partial charge in [-0.1, -0.05) is 0 Å². The second-order valence-corrected chi connectivity index (χ2v) is 0. The molecule has 0 radical (unpaired) electrons. The van der Waals surface area contributed by atoms with E-state index in [1.165, 1.54) is 0 Å². The summed E-state index contributed by atoms with van der Waals surface area (Å²) in [7, 11) is 0. The summed E-state index contributed by atoms with van der Waals surface area (Å²) >= 11 is 0. The van der Waals surface area contributed by atoms with Crippen LogP contribution in [0, 0.1) is 0 Å². The number of rotatable bonds is 0. The molecule has 9 N–H and O–H groups in total. The Morgan fingerprint density at radius 2 is 0.800 bits per heavy atom. The first-order valence-electron chi connectivity index (χ1n) is 0. The van der Waals surface area contributed by atoms with Gasteiger partial charge in [0.05, 0.1) is 0 Å². The SMILES string of the molecule is N.N.O.[OH-].[Pt+2]. The summed E-state index contributed by atoms with van der Waals surface area (Å²) in [6.45, 7) is 0. The van der Waals surface area contributed by atoms with Gasteiger partial charge in [-0.3, -0.25) is 0 Å². The second kappa shape index (κ2) is 202. The molecule has 0 amide bonds. The molecule has 0 aliphatic rings. The molecule has 0 unspecified atom stereocenters. The average molecular weight is 264 g/mol. The fourth-order valence-corrected chi connectivity index (χ4v) is 0. The summed E-state index contributed by atoms with van der Waals surface area (Å²) in [5.74, 6) is 0. The first-order chi connectivity index (χ1) is 0. The van der Waals surface area contributed by atoms with E-state index >= 15 is 0 Å². The zero-order valence-corrected chi connectivity index (χ0v) is 4.95. The fraction of sp³-hybridized carbons (Fsp3) is 0. The van der Waals surface area contributed by atoms with Gasteiger partial charge < -0.3 is 23.3 Å². The molecular weight excluding hydrogens is 255 g/mol. The molecule has 0 aromatic rings. The van der Waals surface area contributed by atoms with E-state index in [4.69, 9.17) is 0 Å². The largest absolute Gasteiger partial charge is 2.00 e. The molecule has 0 aromatic carbocycles. The fourth-order valence-electron chi connectivity index (χ4n) is 0. The van der Waals surface area contributed by atoms with E-state index in [1.807, 2.05) is 0 Å². The summed E-state index contributed by atoms with van der Waals surface area (Å²) < 4.78 is 0. The standard InChI is InChI=1S/2H3N.2H2O.Pt/h2*1H3;2*1H2;/q;;;;+2/p-1. The van der Waals surface area contributed by atoms with Crippen molar-refractivity contribution in [3.63, 3.8) is 0 Å². The number of hydrogen-bond donors (Lipinski definition) is 2. The molecule has 0 aliphatic carbocycles. The van der Waals surface area contributed by atoms with Crippen molar-refractivity contribution >= 4 is 0 Å². The van der Waals surface area contributed by atoms with Crippen molar-refractivity contribution in [2.45, 2.75) is 0 Å². The smallest absolute Gasteiger partial charge is 0.870 e. The Hall–Kier alpha value is 0.528. The quantitative estimate of drug-likeness (QED) is 0.600. The molecule has 0 aliphatic heterocycles. The summed E-state index contributed by atoms with van der Waals surface area (Å²) in [6, 6.07) is 0. The van der Waals surface area contributed by atoms with E-state index in [1.54, 1.807) is 0 Å². The van der Waals surface area contributed by atoms with Crippen molar-refractivity contribution in [3.8, 4) is 0 Å². The van der Waals surface area contributed by atoms with E-state index in [-0.39, 0.29) is 44.3 Å². The Kier molecular flexibility index (Phi) is 16400. The van der Waals surface area contributed by atoms with Crippen LogP contribution in [-0.4, -0.2) is 11.0 Å². The molecule has 5 heavy (non-hydrogen) atoms. The first-order valence-corrected chi connectivity index (χ1v) is 0. The summed E-state index contributed by atoms with van der Waals surface area (Å²) in [5.41, 5.74) is 0. The Balaban J connectivity index is 0. The molecule has 0 atom stereocenters. The predicted octanol–water partition coefficient (Wildman–Crippen LogP) is -0.680.